The van der Waals surface area contributed by atoms with Crippen molar-refractivity contribution in [3.05, 3.63) is 46.7 Å². The minimum absolute atomic E-state index is 0.0514. The SMILES string of the molecule is Cc1cc(C)n(CCCNC(=O)COCc2nc3ccccc3s2)n1. The van der Waals surface area contributed by atoms with Crippen molar-refractivity contribution in [1.29, 1.82) is 0 Å². The number of aromatic nitrogens is 3. The third kappa shape index (κ3) is 4.87. The molecule has 0 aliphatic rings. The minimum atomic E-state index is -0.102. The molecule has 0 atom stereocenters. The molecule has 25 heavy (non-hydrogen) atoms. The van der Waals surface area contributed by atoms with Crippen LogP contribution < -0.4 is 5.32 Å². The second-order valence-electron chi connectivity index (χ2n) is 5.92. The normalized spacial score (nSPS) is 11.1. The number of nitrogens with zero attached hydrogens (tertiary/aromatic N) is 3. The molecule has 132 valence electrons. The third-order valence-electron chi connectivity index (χ3n) is 3.77. The summed E-state index contributed by atoms with van der Waals surface area (Å²) in [7, 11) is 0. The van der Waals surface area contributed by atoms with Crippen LogP contribution in [0.1, 0.15) is 22.8 Å². The van der Waals surface area contributed by atoms with Gasteiger partial charge in [0.25, 0.3) is 0 Å². The average molecular weight is 358 g/mol. The Morgan fingerprint density at radius 1 is 1.32 bits per heavy atom. The second-order valence-corrected chi connectivity index (χ2v) is 7.04. The van der Waals surface area contributed by atoms with Crippen molar-refractivity contribution in [2.75, 3.05) is 13.2 Å². The van der Waals surface area contributed by atoms with E-state index in [1.165, 1.54) is 0 Å². The summed E-state index contributed by atoms with van der Waals surface area (Å²) in [5.41, 5.74) is 3.13. The van der Waals surface area contributed by atoms with Gasteiger partial charge in [0.1, 0.15) is 11.6 Å². The average Bonchev–Trinajstić information content (AvgIpc) is 3.13. The summed E-state index contributed by atoms with van der Waals surface area (Å²) in [4.78, 5) is 16.3. The molecule has 3 rings (SSSR count). The molecule has 2 heterocycles. The van der Waals surface area contributed by atoms with Crippen LogP contribution in [0.25, 0.3) is 10.2 Å². The van der Waals surface area contributed by atoms with Crippen LogP contribution in [0.3, 0.4) is 0 Å². The highest BCUT2D eigenvalue weighted by atomic mass is 32.1. The van der Waals surface area contributed by atoms with E-state index in [0.717, 1.165) is 39.6 Å². The Balaban J connectivity index is 1.33. The molecule has 0 unspecified atom stereocenters. The van der Waals surface area contributed by atoms with Crippen molar-refractivity contribution in [2.24, 2.45) is 0 Å². The predicted octanol–water partition coefficient (Wildman–Crippen LogP) is 2.83. The highest BCUT2D eigenvalue weighted by Crippen LogP contribution is 2.21. The van der Waals surface area contributed by atoms with Gasteiger partial charge < -0.3 is 10.1 Å². The Morgan fingerprint density at radius 3 is 2.92 bits per heavy atom. The number of hydrogen-bond donors (Lipinski definition) is 1. The first-order chi connectivity index (χ1) is 12.1. The summed E-state index contributed by atoms with van der Waals surface area (Å²) in [6, 6.07) is 10.0. The number of thiazole rings is 1. The molecule has 0 saturated carbocycles. The minimum Gasteiger partial charge on any atom is -0.364 e. The largest absolute Gasteiger partial charge is 0.364 e. The molecule has 0 aliphatic carbocycles. The van der Waals surface area contributed by atoms with Crippen LogP contribution in [0.5, 0.6) is 0 Å². The molecule has 3 aromatic rings. The van der Waals surface area contributed by atoms with Crippen LogP contribution in [0.4, 0.5) is 0 Å². The van der Waals surface area contributed by atoms with Crippen LogP contribution >= 0.6 is 11.3 Å². The molecule has 0 bridgehead atoms. The summed E-state index contributed by atoms with van der Waals surface area (Å²) in [5, 5.41) is 8.16. The van der Waals surface area contributed by atoms with Crippen LogP contribution in [-0.4, -0.2) is 33.8 Å². The summed E-state index contributed by atoms with van der Waals surface area (Å²) in [6.07, 6.45) is 0.839. The number of aryl methyl sites for hydroxylation is 3. The Kier molecular flexibility index (Phi) is 5.78. The lowest BCUT2D eigenvalue weighted by atomic mass is 10.3. The number of hydrogen-bond acceptors (Lipinski definition) is 5. The van der Waals surface area contributed by atoms with Crippen LogP contribution in [0, 0.1) is 13.8 Å². The molecule has 2 aromatic heterocycles. The van der Waals surface area contributed by atoms with Crippen LogP contribution in [0.2, 0.25) is 0 Å². The smallest absolute Gasteiger partial charge is 0.246 e. The maximum atomic E-state index is 11.8. The van der Waals surface area contributed by atoms with E-state index in [9.17, 15) is 4.79 Å². The number of carbonyl (C=O) groups excluding carboxylic acids is 1. The Bertz CT molecular complexity index is 823. The fourth-order valence-electron chi connectivity index (χ4n) is 2.62. The van der Waals surface area contributed by atoms with Gasteiger partial charge in [-0.05, 0) is 38.5 Å². The van der Waals surface area contributed by atoms with Crippen LogP contribution in [0.15, 0.2) is 30.3 Å². The van der Waals surface area contributed by atoms with E-state index in [4.69, 9.17) is 4.74 Å². The molecular formula is C18H22N4O2S. The quantitative estimate of drug-likeness (QED) is 0.629. The van der Waals surface area contributed by atoms with Gasteiger partial charge in [0.05, 0.1) is 22.5 Å². The van der Waals surface area contributed by atoms with Crippen LogP contribution in [-0.2, 0) is 22.7 Å². The van der Waals surface area contributed by atoms with Gasteiger partial charge in [-0.3, -0.25) is 9.48 Å². The summed E-state index contributed by atoms with van der Waals surface area (Å²) in [5.74, 6) is -0.102. The summed E-state index contributed by atoms with van der Waals surface area (Å²) < 4.78 is 8.56. The molecule has 0 aliphatic heterocycles. The topological polar surface area (TPSA) is 69.0 Å². The fraction of sp³-hybridized carbons (Fsp3) is 0.389. The molecule has 7 heteroatoms. The number of carbonyl (C=O) groups is 1. The van der Waals surface area contributed by atoms with E-state index < -0.39 is 0 Å². The molecule has 6 nitrogen and oxygen atoms in total. The molecule has 1 amide bonds. The van der Waals surface area contributed by atoms with E-state index >= 15 is 0 Å². The first kappa shape index (κ1) is 17.6. The predicted molar refractivity (Wildman–Crippen MR) is 98.6 cm³/mol. The van der Waals surface area contributed by atoms with Gasteiger partial charge in [0.15, 0.2) is 0 Å². The lowest BCUT2D eigenvalue weighted by Crippen LogP contribution is -2.29. The molecule has 0 spiro atoms. The molecule has 0 fully saturated rings. The van der Waals surface area contributed by atoms with Gasteiger partial charge in [0.2, 0.25) is 5.91 Å². The van der Waals surface area contributed by atoms with Crippen molar-refractivity contribution in [2.45, 2.75) is 33.4 Å². The summed E-state index contributed by atoms with van der Waals surface area (Å²) in [6.45, 7) is 5.84. The lowest BCUT2D eigenvalue weighted by molar-refractivity contribution is -0.126. The highest BCUT2D eigenvalue weighted by Gasteiger charge is 2.06. The van der Waals surface area contributed by atoms with Crippen molar-refractivity contribution in [3.8, 4) is 0 Å². The summed E-state index contributed by atoms with van der Waals surface area (Å²) >= 11 is 1.59. The van der Waals surface area contributed by atoms with E-state index in [1.807, 2.05) is 42.8 Å². The first-order valence-corrected chi connectivity index (χ1v) is 9.13. The second kappa shape index (κ2) is 8.22. The number of para-hydroxylation sites is 1. The van der Waals surface area contributed by atoms with Gasteiger partial charge in [0, 0.05) is 18.8 Å². The monoisotopic (exact) mass is 358 g/mol. The van der Waals surface area contributed by atoms with Gasteiger partial charge in [-0.1, -0.05) is 12.1 Å². The number of fused-ring (bicyclic) bond motifs is 1. The van der Waals surface area contributed by atoms with Gasteiger partial charge in [-0.25, -0.2) is 4.98 Å². The van der Waals surface area contributed by atoms with E-state index in [2.05, 4.69) is 21.5 Å². The Morgan fingerprint density at radius 2 is 2.16 bits per heavy atom. The molecule has 1 aromatic carbocycles. The highest BCUT2D eigenvalue weighted by molar-refractivity contribution is 7.18. The number of nitrogens with one attached hydrogen (secondary N) is 1. The first-order valence-electron chi connectivity index (χ1n) is 8.32. The number of ether oxygens (including phenoxy) is 1. The molecular weight excluding hydrogens is 336 g/mol. The Labute approximate surface area is 150 Å². The zero-order valence-corrected chi connectivity index (χ0v) is 15.3. The fourth-order valence-corrected chi connectivity index (χ4v) is 3.53. The van der Waals surface area contributed by atoms with Crippen molar-refractivity contribution in [3.63, 3.8) is 0 Å². The van der Waals surface area contributed by atoms with Gasteiger partial charge >= 0.3 is 0 Å². The number of benzene rings is 1. The molecule has 1 N–H and O–H groups in total. The lowest BCUT2D eigenvalue weighted by Gasteiger charge is -2.07. The number of rotatable bonds is 8. The maximum absolute atomic E-state index is 11.8. The van der Waals surface area contributed by atoms with E-state index in [-0.39, 0.29) is 12.5 Å². The van der Waals surface area contributed by atoms with Crippen molar-refractivity contribution >= 4 is 27.5 Å². The number of amides is 1. The van der Waals surface area contributed by atoms with E-state index in [1.54, 1.807) is 11.3 Å². The zero-order chi connectivity index (χ0) is 17.6. The van der Waals surface area contributed by atoms with Crippen molar-refractivity contribution < 1.29 is 9.53 Å². The van der Waals surface area contributed by atoms with Crippen molar-refractivity contribution in [1.82, 2.24) is 20.1 Å². The van der Waals surface area contributed by atoms with Gasteiger partial charge in [-0.2, -0.15) is 5.10 Å². The molecule has 0 radical (unpaired) electrons. The maximum Gasteiger partial charge on any atom is 0.246 e. The Hall–Kier alpha value is -2.25. The standard InChI is InChI=1S/C18H22N4O2S/c1-13-10-14(2)22(21-13)9-5-8-19-17(23)11-24-12-18-20-15-6-3-4-7-16(15)25-18/h3-4,6-7,10H,5,8-9,11-12H2,1-2H3,(H,19,23). The molecule has 0 saturated heterocycles. The van der Waals surface area contributed by atoms with Gasteiger partial charge in [-0.15, -0.1) is 11.3 Å². The third-order valence-corrected chi connectivity index (χ3v) is 4.78. The zero-order valence-electron chi connectivity index (χ0n) is 14.5. The van der Waals surface area contributed by atoms with E-state index in [0.29, 0.717) is 13.2 Å².